The van der Waals surface area contributed by atoms with Crippen molar-refractivity contribution >= 4 is 28.8 Å². The lowest BCUT2D eigenvalue weighted by atomic mass is 9.99. The van der Waals surface area contributed by atoms with Crippen molar-refractivity contribution < 1.29 is 9.53 Å². The van der Waals surface area contributed by atoms with Gasteiger partial charge in [-0.25, -0.2) is 4.99 Å². The van der Waals surface area contributed by atoms with E-state index >= 15 is 0 Å². The van der Waals surface area contributed by atoms with Crippen molar-refractivity contribution in [3.8, 4) is 0 Å². The summed E-state index contributed by atoms with van der Waals surface area (Å²) in [5.41, 5.74) is 8.95. The van der Waals surface area contributed by atoms with Gasteiger partial charge in [-0.2, -0.15) is 0 Å². The first-order chi connectivity index (χ1) is 20.4. The molecule has 0 radical (unpaired) electrons. The number of ether oxygens (including phenoxy) is 1. The number of fused-ring (bicyclic) bond motifs is 4. The van der Waals surface area contributed by atoms with E-state index in [1.54, 1.807) is 0 Å². The zero-order chi connectivity index (χ0) is 29.5. The summed E-state index contributed by atoms with van der Waals surface area (Å²) in [6, 6.07) is 22.5. The van der Waals surface area contributed by atoms with E-state index in [4.69, 9.17) is 14.7 Å². The molecule has 6 heteroatoms. The monoisotopic (exact) mass is 560 g/mol. The number of benzene rings is 3. The molecule has 42 heavy (non-hydrogen) atoms. The van der Waals surface area contributed by atoms with E-state index in [0.29, 0.717) is 43.9 Å². The average molecular weight is 561 g/mol. The van der Waals surface area contributed by atoms with Gasteiger partial charge in [-0.3, -0.25) is 9.79 Å². The average Bonchev–Trinajstić information content (AvgIpc) is 2.99. The van der Waals surface area contributed by atoms with Gasteiger partial charge in [-0.1, -0.05) is 54.6 Å². The summed E-state index contributed by atoms with van der Waals surface area (Å²) < 4.78 is 5.65. The molecule has 3 aromatic rings. The topological polar surface area (TPSA) is 66.3 Å². The van der Waals surface area contributed by atoms with Gasteiger partial charge in [0.25, 0.3) is 5.91 Å². The zero-order valence-corrected chi connectivity index (χ0v) is 24.9. The summed E-state index contributed by atoms with van der Waals surface area (Å²) in [6.07, 6.45) is 6.08. The smallest absolute Gasteiger partial charge is 0.256 e. The Bertz CT molecular complexity index is 1550. The molecule has 0 aromatic heterocycles. The van der Waals surface area contributed by atoms with Gasteiger partial charge in [-0.15, -0.1) is 0 Å². The molecule has 1 atom stereocenters. The van der Waals surface area contributed by atoms with Crippen molar-refractivity contribution in [2.75, 3.05) is 31.2 Å². The van der Waals surface area contributed by atoms with Gasteiger partial charge in [-0.05, 0) is 86.7 Å². The van der Waals surface area contributed by atoms with Gasteiger partial charge < -0.3 is 15.0 Å². The highest BCUT2D eigenvalue weighted by molar-refractivity contribution is 6.09. The molecule has 0 saturated carbocycles. The standard InChI is InChI=1S/C36H40N4O2/c1-25(2)12-15-33-29-13-16-34(40-18-20-42-21-19-40)30(24-29)14-17-35(38-32-11-6-5-8-26(32)3)39-36(41)31-10-7-9-28(23-31)22-27(4)37-33/h5-13,15-16,23-24,27H,1,14,17-22H2,2-4H3,(H,38,39,41)/b15-12-,37-33?/t27-/m1/s1. The molecule has 2 aliphatic heterocycles. The molecule has 1 saturated heterocycles. The van der Waals surface area contributed by atoms with Crippen LogP contribution in [-0.4, -0.2) is 49.8 Å². The first-order valence-electron chi connectivity index (χ1n) is 14.8. The Morgan fingerprint density at radius 2 is 1.86 bits per heavy atom. The molecule has 6 nitrogen and oxygen atoms in total. The number of allylic oxidation sites excluding steroid dienone is 3. The molecule has 0 unspecified atom stereocenters. The Labute approximate surface area is 249 Å². The van der Waals surface area contributed by atoms with Crippen molar-refractivity contribution in [1.82, 2.24) is 5.32 Å². The zero-order valence-electron chi connectivity index (χ0n) is 24.9. The number of amidine groups is 1. The molecule has 5 rings (SSSR count). The maximum Gasteiger partial charge on any atom is 0.256 e. The first kappa shape index (κ1) is 29.2. The molecule has 2 heterocycles. The maximum absolute atomic E-state index is 13.5. The van der Waals surface area contributed by atoms with E-state index in [1.165, 1.54) is 11.3 Å². The Kier molecular flexibility index (Phi) is 9.45. The molecule has 1 fully saturated rings. The lowest BCUT2D eigenvalue weighted by molar-refractivity contribution is 0.0976. The lowest BCUT2D eigenvalue weighted by Crippen LogP contribution is -2.37. The van der Waals surface area contributed by atoms with E-state index in [2.05, 4.69) is 54.1 Å². The molecule has 2 aliphatic rings. The predicted molar refractivity (Wildman–Crippen MR) is 174 cm³/mol. The fourth-order valence-corrected chi connectivity index (χ4v) is 5.39. The van der Waals surface area contributed by atoms with Gasteiger partial charge in [0, 0.05) is 36.3 Å². The molecule has 1 amide bonds. The minimum Gasteiger partial charge on any atom is -0.378 e. The Hall–Kier alpha value is -4.29. The normalized spacial score (nSPS) is 19.2. The molecular formula is C36H40N4O2. The third-order valence-electron chi connectivity index (χ3n) is 7.59. The quantitative estimate of drug-likeness (QED) is 0.357. The van der Waals surface area contributed by atoms with E-state index < -0.39 is 0 Å². The van der Waals surface area contributed by atoms with E-state index in [9.17, 15) is 4.79 Å². The molecule has 4 bridgehead atoms. The highest BCUT2D eigenvalue weighted by atomic mass is 16.5. The van der Waals surface area contributed by atoms with E-state index in [0.717, 1.165) is 46.8 Å². The van der Waals surface area contributed by atoms with Gasteiger partial charge in [0.05, 0.1) is 30.7 Å². The number of hydrogen-bond donors (Lipinski definition) is 1. The summed E-state index contributed by atoms with van der Waals surface area (Å²) in [6.45, 7) is 13.3. The maximum atomic E-state index is 13.5. The van der Waals surface area contributed by atoms with Crippen LogP contribution in [0, 0.1) is 6.92 Å². The fourth-order valence-electron chi connectivity index (χ4n) is 5.39. The van der Waals surface area contributed by atoms with Crippen LogP contribution in [0.4, 0.5) is 11.4 Å². The van der Waals surface area contributed by atoms with Crippen LogP contribution >= 0.6 is 0 Å². The number of amides is 1. The van der Waals surface area contributed by atoms with Crippen molar-refractivity contribution in [2.24, 2.45) is 9.98 Å². The van der Waals surface area contributed by atoms with Crippen LogP contribution in [0.15, 0.2) is 101 Å². The number of para-hydroxylation sites is 1. The summed E-state index contributed by atoms with van der Waals surface area (Å²) in [7, 11) is 0. The van der Waals surface area contributed by atoms with Crippen LogP contribution in [0.25, 0.3) is 0 Å². The van der Waals surface area contributed by atoms with Crippen LogP contribution in [0.5, 0.6) is 0 Å². The van der Waals surface area contributed by atoms with Crippen LogP contribution in [-0.2, 0) is 17.6 Å². The lowest BCUT2D eigenvalue weighted by Gasteiger charge is -2.31. The van der Waals surface area contributed by atoms with Crippen LogP contribution in [0.2, 0.25) is 0 Å². The Morgan fingerprint density at radius 3 is 2.64 bits per heavy atom. The number of aliphatic imine (C=N–C) groups is 2. The SMILES string of the molecule is C=C(C)/C=C\C1=N[C@H](C)Cc2cccc(c2)C(=O)NC(=Nc2ccccc2C)CCc2cc1ccc2N1CCOCC1. The van der Waals surface area contributed by atoms with E-state index in [-0.39, 0.29) is 11.9 Å². The largest absolute Gasteiger partial charge is 0.378 e. The van der Waals surface area contributed by atoms with Crippen LogP contribution in [0.3, 0.4) is 0 Å². The van der Waals surface area contributed by atoms with Crippen molar-refractivity contribution in [1.29, 1.82) is 0 Å². The van der Waals surface area contributed by atoms with Crippen LogP contribution in [0.1, 0.15) is 52.9 Å². The predicted octanol–water partition coefficient (Wildman–Crippen LogP) is 6.79. The van der Waals surface area contributed by atoms with Crippen molar-refractivity contribution in [2.45, 2.75) is 46.1 Å². The van der Waals surface area contributed by atoms with Crippen molar-refractivity contribution in [3.63, 3.8) is 0 Å². The summed E-state index contributed by atoms with van der Waals surface area (Å²) in [4.78, 5) is 26.0. The minimum atomic E-state index is -0.151. The molecule has 216 valence electrons. The molecular weight excluding hydrogens is 520 g/mol. The van der Waals surface area contributed by atoms with Crippen molar-refractivity contribution in [3.05, 3.63) is 119 Å². The van der Waals surface area contributed by atoms with E-state index in [1.807, 2.05) is 62.4 Å². The number of aryl methyl sites for hydroxylation is 2. The second kappa shape index (κ2) is 13.6. The summed E-state index contributed by atoms with van der Waals surface area (Å²) >= 11 is 0. The highest BCUT2D eigenvalue weighted by Gasteiger charge is 2.19. The minimum absolute atomic E-state index is 0.0127. The second-order valence-corrected chi connectivity index (χ2v) is 11.2. The van der Waals surface area contributed by atoms with Gasteiger partial charge >= 0.3 is 0 Å². The number of anilines is 1. The number of hydrogen-bond acceptors (Lipinski definition) is 5. The van der Waals surface area contributed by atoms with Crippen LogP contribution < -0.4 is 10.2 Å². The molecule has 3 aromatic carbocycles. The molecule has 1 N–H and O–H groups in total. The third-order valence-corrected chi connectivity index (χ3v) is 7.59. The highest BCUT2D eigenvalue weighted by Crippen LogP contribution is 2.27. The Morgan fingerprint density at radius 1 is 1.05 bits per heavy atom. The number of rotatable bonds is 4. The molecule has 0 spiro atoms. The summed E-state index contributed by atoms with van der Waals surface area (Å²) in [5, 5.41) is 3.16. The number of morpholine rings is 1. The number of carbonyl (C=O) groups excluding carboxylic acids is 1. The number of carbonyl (C=O) groups is 1. The fraction of sp³-hybridized carbons (Fsp3) is 0.306. The second-order valence-electron chi connectivity index (χ2n) is 11.2. The molecule has 0 aliphatic carbocycles. The van der Waals surface area contributed by atoms with Gasteiger partial charge in [0.15, 0.2) is 0 Å². The first-order valence-corrected chi connectivity index (χ1v) is 14.8. The third kappa shape index (κ3) is 7.51. The van der Waals surface area contributed by atoms with Gasteiger partial charge in [0.1, 0.15) is 5.84 Å². The number of nitrogens with zero attached hydrogens (tertiary/aromatic N) is 3. The Balaban J connectivity index is 1.63. The number of nitrogens with one attached hydrogen (secondary N) is 1. The van der Waals surface area contributed by atoms with Gasteiger partial charge in [0.2, 0.25) is 0 Å². The summed E-state index contributed by atoms with van der Waals surface area (Å²) in [5.74, 6) is 0.500.